The van der Waals surface area contributed by atoms with Crippen LogP contribution in [0.25, 0.3) is 0 Å². The van der Waals surface area contributed by atoms with Gasteiger partial charge in [0.25, 0.3) is 5.69 Å². The Labute approximate surface area is 94.4 Å². The molecule has 0 saturated carbocycles. The summed E-state index contributed by atoms with van der Waals surface area (Å²) in [7, 11) is 0. The summed E-state index contributed by atoms with van der Waals surface area (Å²) in [6.07, 6.45) is 0.278. The van der Waals surface area contributed by atoms with Crippen LogP contribution in [0.2, 0.25) is 0 Å². The Morgan fingerprint density at radius 3 is 2.41 bits per heavy atom. The van der Waals surface area contributed by atoms with Gasteiger partial charge in [-0.15, -0.1) is 6.42 Å². The predicted molar refractivity (Wildman–Crippen MR) is 53.9 cm³/mol. The van der Waals surface area contributed by atoms with E-state index >= 15 is 0 Å². The maximum atomic E-state index is 12.5. The lowest BCUT2D eigenvalue weighted by Crippen LogP contribution is -2.12. The van der Waals surface area contributed by atoms with Crippen LogP contribution >= 0.6 is 0 Å². The zero-order valence-corrected chi connectivity index (χ0v) is 8.36. The number of hydrogen-bond donors (Lipinski definition) is 1. The fourth-order valence-electron chi connectivity index (χ4n) is 1.18. The second kappa shape index (κ2) is 4.43. The van der Waals surface area contributed by atoms with E-state index in [1.165, 1.54) is 0 Å². The highest BCUT2D eigenvalue weighted by Gasteiger charge is 2.33. The van der Waals surface area contributed by atoms with Crippen molar-refractivity contribution < 1.29 is 18.1 Å². The molecule has 0 spiro atoms. The lowest BCUT2D eigenvalue weighted by molar-refractivity contribution is -0.385. The fourth-order valence-corrected chi connectivity index (χ4v) is 1.18. The average molecular weight is 244 g/mol. The third kappa shape index (κ3) is 2.95. The molecule has 7 heteroatoms. The number of terminal acetylenes is 1. The third-order valence-electron chi connectivity index (χ3n) is 2.02. The number of alkyl halides is 3. The van der Waals surface area contributed by atoms with Crippen LogP contribution in [0.3, 0.4) is 0 Å². The quantitative estimate of drug-likeness (QED) is 0.492. The highest BCUT2D eigenvalue weighted by molar-refractivity contribution is 5.43. The molecule has 0 aliphatic carbocycles. The van der Waals surface area contributed by atoms with Crippen LogP contribution in [0.4, 0.5) is 18.9 Å². The summed E-state index contributed by atoms with van der Waals surface area (Å²) < 4.78 is 37.4. The first kappa shape index (κ1) is 13.0. The van der Waals surface area contributed by atoms with Crippen molar-refractivity contribution in [1.82, 2.24) is 0 Å². The topological polar surface area (TPSA) is 69.2 Å². The number of nitro groups is 1. The molecule has 0 amide bonds. The van der Waals surface area contributed by atoms with Gasteiger partial charge in [-0.2, -0.15) is 13.2 Å². The molecule has 0 bridgehead atoms. The normalized spacial score (nSPS) is 12.9. The second-order valence-corrected chi connectivity index (χ2v) is 3.21. The molecule has 0 aromatic heterocycles. The smallest absolute Gasteiger partial charge is 0.314 e. The van der Waals surface area contributed by atoms with E-state index in [0.717, 1.165) is 6.07 Å². The Morgan fingerprint density at radius 2 is 2.00 bits per heavy atom. The zero-order valence-electron chi connectivity index (χ0n) is 8.36. The van der Waals surface area contributed by atoms with Gasteiger partial charge in [0.05, 0.1) is 16.5 Å². The standard InChI is InChI=1S/C10H7F3N2O2/c1-2-9(14)6-3-7(10(11,12)13)5-8(4-6)15(16)17/h1,3-5,9H,14H2. The first-order valence-corrected chi connectivity index (χ1v) is 4.34. The van der Waals surface area contributed by atoms with Gasteiger partial charge in [-0.1, -0.05) is 5.92 Å². The SMILES string of the molecule is C#CC(N)c1cc([N+](=O)[O-])cc(C(F)(F)F)c1. The molecule has 90 valence electrons. The van der Waals surface area contributed by atoms with Gasteiger partial charge < -0.3 is 5.73 Å². The van der Waals surface area contributed by atoms with Gasteiger partial charge in [-0.05, 0) is 11.6 Å². The zero-order chi connectivity index (χ0) is 13.2. The molecular formula is C10H7F3N2O2. The Kier molecular flexibility index (Phi) is 3.39. The molecule has 2 N–H and O–H groups in total. The molecule has 17 heavy (non-hydrogen) atoms. The van der Waals surface area contributed by atoms with Crippen LogP contribution in [0.15, 0.2) is 18.2 Å². The molecule has 0 heterocycles. The van der Waals surface area contributed by atoms with Crippen LogP contribution in [0, 0.1) is 22.5 Å². The Hall–Kier alpha value is -2.07. The first-order valence-electron chi connectivity index (χ1n) is 4.34. The number of halogens is 3. The van der Waals surface area contributed by atoms with E-state index in [1.807, 2.05) is 5.92 Å². The average Bonchev–Trinajstić information content (AvgIpc) is 2.26. The lowest BCUT2D eigenvalue weighted by atomic mass is 10.0. The molecule has 0 aliphatic heterocycles. The number of rotatable bonds is 2. The second-order valence-electron chi connectivity index (χ2n) is 3.21. The van der Waals surface area contributed by atoms with Crippen molar-refractivity contribution in [2.45, 2.75) is 12.2 Å². The summed E-state index contributed by atoms with van der Waals surface area (Å²) >= 11 is 0. The van der Waals surface area contributed by atoms with Crippen molar-refractivity contribution >= 4 is 5.69 Å². The summed E-state index contributed by atoms with van der Waals surface area (Å²) in [5.74, 6) is 2.01. The van der Waals surface area contributed by atoms with Gasteiger partial charge in [0.15, 0.2) is 0 Å². The number of nitrogens with zero attached hydrogens (tertiary/aromatic N) is 1. The van der Waals surface area contributed by atoms with Gasteiger partial charge >= 0.3 is 6.18 Å². The van der Waals surface area contributed by atoms with Gasteiger partial charge in [0, 0.05) is 12.1 Å². The summed E-state index contributed by atoms with van der Waals surface area (Å²) in [4.78, 5) is 9.56. The molecule has 0 radical (unpaired) electrons. The van der Waals surface area contributed by atoms with Gasteiger partial charge in [-0.3, -0.25) is 10.1 Å². The molecule has 0 aliphatic rings. The monoisotopic (exact) mass is 244 g/mol. The molecule has 0 saturated heterocycles. The number of hydrogen-bond acceptors (Lipinski definition) is 3. The molecule has 4 nitrogen and oxygen atoms in total. The van der Waals surface area contributed by atoms with E-state index in [9.17, 15) is 23.3 Å². The summed E-state index contributed by atoms with van der Waals surface area (Å²) in [5, 5.41) is 10.5. The van der Waals surface area contributed by atoms with Crippen molar-refractivity contribution in [3.05, 3.63) is 39.4 Å². The number of benzene rings is 1. The summed E-state index contributed by atoms with van der Waals surface area (Å²) in [6.45, 7) is 0. The molecule has 0 fully saturated rings. The van der Waals surface area contributed by atoms with E-state index in [1.54, 1.807) is 0 Å². The molecule has 1 unspecified atom stereocenters. The molecular weight excluding hydrogens is 237 g/mol. The van der Waals surface area contributed by atoms with Crippen molar-refractivity contribution in [1.29, 1.82) is 0 Å². The van der Waals surface area contributed by atoms with Gasteiger partial charge in [-0.25, -0.2) is 0 Å². The highest BCUT2D eigenvalue weighted by atomic mass is 19.4. The maximum Gasteiger partial charge on any atom is 0.416 e. The largest absolute Gasteiger partial charge is 0.416 e. The van der Waals surface area contributed by atoms with E-state index < -0.39 is 28.4 Å². The van der Waals surface area contributed by atoms with Gasteiger partial charge in [0.2, 0.25) is 0 Å². The number of nitrogens with two attached hydrogens (primary N) is 1. The van der Waals surface area contributed by atoms with Gasteiger partial charge in [0.1, 0.15) is 0 Å². The van der Waals surface area contributed by atoms with E-state index in [4.69, 9.17) is 12.2 Å². The minimum atomic E-state index is -4.69. The molecule has 1 rings (SSSR count). The highest BCUT2D eigenvalue weighted by Crippen LogP contribution is 2.33. The number of nitro benzene ring substituents is 1. The lowest BCUT2D eigenvalue weighted by Gasteiger charge is -2.10. The summed E-state index contributed by atoms with van der Waals surface area (Å²) in [5.41, 5.74) is 3.39. The predicted octanol–water partition coefficient (Wildman–Crippen LogP) is 2.25. The van der Waals surface area contributed by atoms with Crippen molar-refractivity contribution in [3.8, 4) is 12.3 Å². The molecule has 1 aromatic rings. The Bertz CT molecular complexity index is 491. The van der Waals surface area contributed by atoms with Crippen molar-refractivity contribution in [2.75, 3.05) is 0 Å². The Morgan fingerprint density at radius 1 is 1.41 bits per heavy atom. The van der Waals surface area contributed by atoms with Crippen molar-refractivity contribution in [2.24, 2.45) is 5.73 Å². The van der Waals surface area contributed by atoms with Crippen molar-refractivity contribution in [3.63, 3.8) is 0 Å². The minimum Gasteiger partial charge on any atom is -0.314 e. The Balaban J connectivity index is 3.40. The van der Waals surface area contributed by atoms with Crippen LogP contribution in [0.5, 0.6) is 0 Å². The first-order chi connectivity index (χ1) is 7.75. The van der Waals surface area contributed by atoms with Crippen LogP contribution in [0.1, 0.15) is 17.2 Å². The molecule has 1 aromatic carbocycles. The number of non-ortho nitro benzene ring substituents is 1. The summed E-state index contributed by atoms with van der Waals surface area (Å²) in [6, 6.07) is 0.959. The minimum absolute atomic E-state index is 0.117. The van der Waals surface area contributed by atoms with Crippen LogP contribution in [-0.2, 0) is 6.18 Å². The third-order valence-corrected chi connectivity index (χ3v) is 2.02. The fraction of sp³-hybridized carbons (Fsp3) is 0.200. The van der Waals surface area contributed by atoms with Crippen LogP contribution < -0.4 is 5.73 Å². The van der Waals surface area contributed by atoms with Crippen LogP contribution in [-0.4, -0.2) is 4.92 Å². The molecule has 1 atom stereocenters. The maximum absolute atomic E-state index is 12.5. The van der Waals surface area contributed by atoms with E-state index in [2.05, 4.69) is 0 Å². The van der Waals surface area contributed by atoms with E-state index in [-0.39, 0.29) is 5.56 Å². The van der Waals surface area contributed by atoms with E-state index in [0.29, 0.717) is 12.1 Å².